The van der Waals surface area contributed by atoms with Crippen molar-refractivity contribution >= 4 is 21.6 Å². The molecular weight excluding hydrogens is 384 g/mol. The lowest BCUT2D eigenvalue weighted by molar-refractivity contribution is -0.119. The quantitative estimate of drug-likeness (QED) is 0.601. The Kier molecular flexibility index (Phi) is 7.51. The molecular formula is C19H24N2O6S. The maximum Gasteiger partial charge on any atom is 0.240 e. The highest BCUT2D eigenvalue weighted by molar-refractivity contribution is 7.92. The summed E-state index contributed by atoms with van der Waals surface area (Å²) in [6.07, 6.45) is 1.05. The van der Waals surface area contributed by atoms with E-state index in [1.807, 2.05) is 12.1 Å². The molecule has 0 aliphatic carbocycles. The van der Waals surface area contributed by atoms with Crippen LogP contribution in [0.3, 0.4) is 0 Å². The van der Waals surface area contributed by atoms with Crippen LogP contribution in [0, 0.1) is 0 Å². The summed E-state index contributed by atoms with van der Waals surface area (Å²) < 4.78 is 41.0. The molecule has 1 N–H and O–H groups in total. The number of carbonyl (C=O) groups excluding carboxylic acids is 1. The first-order valence-corrected chi connectivity index (χ1v) is 10.3. The molecule has 0 atom stereocenters. The Hall–Kier alpha value is -2.94. The lowest BCUT2D eigenvalue weighted by Crippen LogP contribution is -2.41. The monoisotopic (exact) mass is 408 g/mol. The molecule has 0 bridgehead atoms. The number of hydrogen-bond acceptors (Lipinski definition) is 6. The van der Waals surface area contributed by atoms with Crippen molar-refractivity contribution in [2.75, 3.05) is 44.5 Å². The minimum absolute atomic E-state index is 0.216. The molecule has 0 saturated carbocycles. The Morgan fingerprint density at radius 1 is 1.00 bits per heavy atom. The van der Waals surface area contributed by atoms with Crippen molar-refractivity contribution in [3.8, 4) is 17.2 Å². The van der Waals surface area contributed by atoms with E-state index in [1.54, 1.807) is 43.5 Å². The minimum atomic E-state index is -3.63. The largest absolute Gasteiger partial charge is 0.497 e. The second-order valence-corrected chi connectivity index (χ2v) is 7.72. The van der Waals surface area contributed by atoms with Gasteiger partial charge >= 0.3 is 0 Å². The molecule has 0 heterocycles. The normalized spacial score (nSPS) is 10.8. The van der Waals surface area contributed by atoms with Crippen molar-refractivity contribution in [1.29, 1.82) is 0 Å². The van der Waals surface area contributed by atoms with Gasteiger partial charge in [0.15, 0.2) is 11.5 Å². The Labute approximate surface area is 165 Å². The topological polar surface area (TPSA) is 94.2 Å². The second-order valence-electron chi connectivity index (χ2n) is 5.82. The van der Waals surface area contributed by atoms with Gasteiger partial charge in [0.1, 0.15) is 18.9 Å². The molecule has 2 aromatic carbocycles. The van der Waals surface area contributed by atoms with E-state index in [1.165, 1.54) is 7.11 Å². The second kappa shape index (κ2) is 9.84. The zero-order valence-electron chi connectivity index (χ0n) is 16.0. The molecule has 152 valence electrons. The maximum absolute atomic E-state index is 12.2. The van der Waals surface area contributed by atoms with Gasteiger partial charge in [-0.25, -0.2) is 8.42 Å². The van der Waals surface area contributed by atoms with Gasteiger partial charge in [-0.3, -0.25) is 9.10 Å². The van der Waals surface area contributed by atoms with E-state index < -0.39 is 15.9 Å². The summed E-state index contributed by atoms with van der Waals surface area (Å²) in [5.74, 6) is 1.31. The number of nitrogens with zero attached hydrogens (tertiary/aromatic N) is 1. The number of rotatable bonds is 10. The standard InChI is InChI=1S/C19H24N2O6S/c1-25-16-10-8-15(9-11-16)21(28(3,23)24)14-19(22)20-12-13-27-18-7-5-4-6-17(18)26-2/h4-11H,12-14H2,1-3H3,(H,20,22). The fourth-order valence-electron chi connectivity index (χ4n) is 2.42. The van der Waals surface area contributed by atoms with Gasteiger partial charge in [0.05, 0.1) is 32.7 Å². The van der Waals surface area contributed by atoms with Gasteiger partial charge < -0.3 is 19.5 Å². The van der Waals surface area contributed by atoms with Crippen molar-refractivity contribution in [2.24, 2.45) is 0 Å². The Morgan fingerprint density at radius 2 is 1.64 bits per heavy atom. The van der Waals surface area contributed by atoms with Crippen LogP contribution in [0.15, 0.2) is 48.5 Å². The molecule has 0 aromatic heterocycles. The average Bonchev–Trinajstić information content (AvgIpc) is 2.69. The third-order valence-corrected chi connectivity index (χ3v) is 4.94. The van der Waals surface area contributed by atoms with E-state index >= 15 is 0 Å². The average molecular weight is 408 g/mol. The summed E-state index contributed by atoms with van der Waals surface area (Å²) in [4.78, 5) is 12.2. The van der Waals surface area contributed by atoms with E-state index in [0.717, 1.165) is 10.6 Å². The highest BCUT2D eigenvalue weighted by Gasteiger charge is 2.20. The van der Waals surface area contributed by atoms with E-state index in [0.29, 0.717) is 22.9 Å². The lowest BCUT2D eigenvalue weighted by Gasteiger charge is -2.22. The molecule has 0 aliphatic rings. The Bertz CT molecular complexity index is 884. The molecule has 0 unspecified atom stereocenters. The highest BCUT2D eigenvalue weighted by Crippen LogP contribution is 2.25. The third-order valence-electron chi connectivity index (χ3n) is 3.80. The van der Waals surface area contributed by atoms with E-state index in [9.17, 15) is 13.2 Å². The first kappa shape index (κ1) is 21.4. The van der Waals surface area contributed by atoms with Gasteiger partial charge in [0.25, 0.3) is 0 Å². The van der Waals surface area contributed by atoms with Crippen LogP contribution in [0.1, 0.15) is 0 Å². The number of sulfonamides is 1. The number of carbonyl (C=O) groups is 1. The number of ether oxygens (including phenoxy) is 3. The zero-order chi connectivity index (χ0) is 20.6. The van der Waals surface area contributed by atoms with E-state index in [2.05, 4.69) is 5.32 Å². The SMILES string of the molecule is COc1ccc(N(CC(=O)NCCOc2ccccc2OC)S(C)(=O)=O)cc1. The number of anilines is 1. The van der Waals surface area contributed by atoms with Crippen molar-refractivity contribution in [1.82, 2.24) is 5.32 Å². The maximum atomic E-state index is 12.2. The Balaban J connectivity index is 1.91. The molecule has 8 nitrogen and oxygen atoms in total. The van der Waals surface area contributed by atoms with Crippen molar-refractivity contribution in [2.45, 2.75) is 0 Å². The molecule has 0 spiro atoms. The first-order chi connectivity index (χ1) is 13.3. The first-order valence-electron chi connectivity index (χ1n) is 8.49. The Morgan fingerprint density at radius 3 is 2.21 bits per heavy atom. The molecule has 1 amide bonds. The minimum Gasteiger partial charge on any atom is -0.497 e. The fourth-order valence-corrected chi connectivity index (χ4v) is 3.28. The summed E-state index contributed by atoms with van der Waals surface area (Å²) in [6, 6.07) is 13.6. The van der Waals surface area contributed by atoms with Crippen LogP contribution >= 0.6 is 0 Å². The summed E-state index contributed by atoms with van der Waals surface area (Å²) in [6.45, 7) is 0.102. The molecule has 0 aliphatic heterocycles. The van der Waals surface area contributed by atoms with Crippen LogP contribution in [0.25, 0.3) is 0 Å². The van der Waals surface area contributed by atoms with Crippen LogP contribution in [0.4, 0.5) is 5.69 Å². The van der Waals surface area contributed by atoms with E-state index in [-0.39, 0.29) is 19.7 Å². The van der Waals surface area contributed by atoms with Crippen LogP contribution in [0.2, 0.25) is 0 Å². The van der Waals surface area contributed by atoms with Crippen LogP contribution in [0.5, 0.6) is 17.2 Å². The molecule has 2 aromatic rings. The van der Waals surface area contributed by atoms with E-state index in [4.69, 9.17) is 14.2 Å². The van der Waals surface area contributed by atoms with Gasteiger partial charge in [0, 0.05) is 0 Å². The zero-order valence-corrected chi connectivity index (χ0v) is 16.9. The molecule has 28 heavy (non-hydrogen) atoms. The van der Waals surface area contributed by atoms with Crippen LogP contribution in [-0.4, -0.2) is 54.5 Å². The lowest BCUT2D eigenvalue weighted by atomic mass is 10.3. The smallest absolute Gasteiger partial charge is 0.240 e. The summed E-state index contributed by atoms with van der Waals surface area (Å²) in [7, 11) is -0.569. The fraction of sp³-hybridized carbons (Fsp3) is 0.316. The van der Waals surface area contributed by atoms with Crippen molar-refractivity contribution < 1.29 is 27.4 Å². The predicted molar refractivity (Wildman–Crippen MR) is 107 cm³/mol. The van der Waals surface area contributed by atoms with Crippen molar-refractivity contribution in [3.63, 3.8) is 0 Å². The van der Waals surface area contributed by atoms with Gasteiger partial charge in [-0.15, -0.1) is 0 Å². The van der Waals surface area contributed by atoms with Crippen LogP contribution in [-0.2, 0) is 14.8 Å². The van der Waals surface area contributed by atoms with Crippen LogP contribution < -0.4 is 23.8 Å². The number of para-hydroxylation sites is 2. The van der Waals surface area contributed by atoms with Gasteiger partial charge in [-0.05, 0) is 36.4 Å². The molecule has 0 saturated heterocycles. The van der Waals surface area contributed by atoms with Crippen molar-refractivity contribution in [3.05, 3.63) is 48.5 Å². The van der Waals surface area contributed by atoms with Gasteiger partial charge in [-0.2, -0.15) is 0 Å². The predicted octanol–water partition coefficient (Wildman–Crippen LogP) is 1.66. The molecule has 0 fully saturated rings. The molecule has 9 heteroatoms. The third kappa shape index (κ3) is 6.05. The number of nitrogens with one attached hydrogen (secondary N) is 1. The van der Waals surface area contributed by atoms with Gasteiger partial charge in [-0.1, -0.05) is 12.1 Å². The highest BCUT2D eigenvalue weighted by atomic mass is 32.2. The molecule has 0 radical (unpaired) electrons. The summed E-state index contributed by atoms with van der Waals surface area (Å²) in [5, 5.41) is 2.65. The number of benzene rings is 2. The number of amides is 1. The van der Waals surface area contributed by atoms with Gasteiger partial charge in [0.2, 0.25) is 15.9 Å². The molecule has 2 rings (SSSR count). The summed E-state index contributed by atoms with van der Waals surface area (Å²) in [5.41, 5.74) is 0.378. The number of methoxy groups -OCH3 is 2. The summed E-state index contributed by atoms with van der Waals surface area (Å²) >= 11 is 0. The number of hydrogen-bond donors (Lipinski definition) is 1.